The van der Waals surface area contributed by atoms with Gasteiger partial charge >= 0.3 is 0 Å². The minimum Gasteiger partial charge on any atom is -0.369 e. The van der Waals surface area contributed by atoms with Crippen LogP contribution in [0, 0.1) is 0 Å². The van der Waals surface area contributed by atoms with Crippen molar-refractivity contribution in [3.05, 3.63) is 36.9 Å². The summed E-state index contributed by atoms with van der Waals surface area (Å²) in [6.45, 7) is 3.67. The lowest BCUT2D eigenvalue weighted by Crippen LogP contribution is -2.18. The molecule has 0 spiro atoms. The van der Waals surface area contributed by atoms with Crippen molar-refractivity contribution in [1.29, 1.82) is 0 Å². The van der Waals surface area contributed by atoms with Gasteiger partial charge in [-0.25, -0.2) is 4.98 Å². The molecule has 0 bridgehead atoms. The first kappa shape index (κ1) is 16.9. The maximum Gasteiger partial charge on any atom is 0.150 e. The second kappa shape index (κ2) is 7.68. The largest absolute Gasteiger partial charge is 0.369 e. The lowest BCUT2D eigenvalue weighted by Gasteiger charge is -2.20. The molecule has 7 heteroatoms. The fraction of sp³-hybridized carbons (Fsp3) is 0.357. The molecule has 0 atom stereocenters. The normalized spacial score (nSPS) is 10.7. The fourth-order valence-electron chi connectivity index (χ4n) is 1.84. The molecular weight excluding hydrogens is 393 g/mol. The van der Waals surface area contributed by atoms with Gasteiger partial charge in [0.1, 0.15) is 11.6 Å². The van der Waals surface area contributed by atoms with E-state index >= 15 is 0 Å². The molecule has 0 aliphatic rings. The molecule has 0 unspecified atom stereocenters. The molecule has 0 radical (unpaired) electrons. The maximum absolute atomic E-state index is 6.28. The highest BCUT2D eigenvalue weighted by Crippen LogP contribution is 2.32. The Bertz CT molecular complexity index is 618. The molecule has 21 heavy (non-hydrogen) atoms. The molecule has 1 N–H and O–H groups in total. The third-order valence-electron chi connectivity index (χ3n) is 2.83. The number of aromatic nitrogens is 1. The zero-order valence-corrected chi connectivity index (χ0v) is 15.7. The summed E-state index contributed by atoms with van der Waals surface area (Å²) in [7, 11) is 1.97. The van der Waals surface area contributed by atoms with Gasteiger partial charge in [-0.05, 0) is 34.5 Å². The monoisotopic (exact) mass is 407 g/mol. The van der Waals surface area contributed by atoms with Crippen molar-refractivity contribution in [2.24, 2.45) is 0 Å². The van der Waals surface area contributed by atoms with E-state index in [2.05, 4.69) is 44.6 Å². The SMILES string of the molecule is CCCNc1nc(N(C)Cc2cc(Br)cs2)c(Cl)cc1Cl. The van der Waals surface area contributed by atoms with Crippen molar-refractivity contribution in [1.82, 2.24) is 4.98 Å². The second-order valence-corrected chi connectivity index (χ2v) is 7.36. The number of pyridine rings is 1. The van der Waals surface area contributed by atoms with Gasteiger partial charge in [-0.2, -0.15) is 0 Å². The number of hydrogen-bond acceptors (Lipinski definition) is 4. The van der Waals surface area contributed by atoms with Gasteiger partial charge in [0.15, 0.2) is 0 Å². The van der Waals surface area contributed by atoms with Crippen LogP contribution in [-0.2, 0) is 6.54 Å². The molecule has 0 aliphatic heterocycles. The molecule has 0 aromatic carbocycles. The van der Waals surface area contributed by atoms with Gasteiger partial charge in [-0.3, -0.25) is 0 Å². The Labute approximate surface area is 147 Å². The predicted molar refractivity (Wildman–Crippen MR) is 97.2 cm³/mol. The number of hydrogen-bond donors (Lipinski definition) is 1. The van der Waals surface area contributed by atoms with E-state index in [9.17, 15) is 0 Å². The highest BCUT2D eigenvalue weighted by molar-refractivity contribution is 9.10. The molecule has 3 nitrogen and oxygen atoms in total. The van der Waals surface area contributed by atoms with E-state index in [4.69, 9.17) is 23.2 Å². The molecule has 0 aliphatic carbocycles. The number of nitrogens with zero attached hydrogens (tertiary/aromatic N) is 2. The highest BCUT2D eigenvalue weighted by Gasteiger charge is 2.13. The number of anilines is 2. The Morgan fingerprint density at radius 2 is 2.10 bits per heavy atom. The van der Waals surface area contributed by atoms with Crippen molar-refractivity contribution < 1.29 is 0 Å². The van der Waals surface area contributed by atoms with Gasteiger partial charge in [0.25, 0.3) is 0 Å². The van der Waals surface area contributed by atoms with Crippen molar-refractivity contribution in [3.8, 4) is 0 Å². The Hall–Kier alpha value is -0.490. The molecule has 2 aromatic heterocycles. The Kier molecular flexibility index (Phi) is 6.17. The van der Waals surface area contributed by atoms with E-state index in [1.807, 2.05) is 11.9 Å². The van der Waals surface area contributed by atoms with E-state index in [0.717, 1.165) is 29.8 Å². The van der Waals surface area contributed by atoms with E-state index in [-0.39, 0.29) is 0 Å². The molecule has 2 heterocycles. The predicted octanol–water partition coefficient (Wildman–Crippen LogP) is 5.67. The Morgan fingerprint density at radius 3 is 2.71 bits per heavy atom. The third kappa shape index (κ3) is 4.49. The summed E-state index contributed by atoms with van der Waals surface area (Å²) in [5.41, 5.74) is 0. The summed E-state index contributed by atoms with van der Waals surface area (Å²) in [6, 6.07) is 3.84. The van der Waals surface area contributed by atoms with Crippen LogP contribution in [0.15, 0.2) is 22.0 Å². The van der Waals surface area contributed by atoms with Crippen LogP contribution < -0.4 is 10.2 Å². The zero-order chi connectivity index (χ0) is 15.4. The molecule has 0 saturated carbocycles. The van der Waals surface area contributed by atoms with Gasteiger partial charge in [-0.1, -0.05) is 30.1 Å². The minimum absolute atomic E-state index is 0.546. The van der Waals surface area contributed by atoms with Crippen LogP contribution >= 0.6 is 50.5 Å². The molecule has 0 fully saturated rings. The summed E-state index contributed by atoms with van der Waals surface area (Å²) < 4.78 is 1.09. The molecule has 0 saturated heterocycles. The van der Waals surface area contributed by atoms with Crippen LogP contribution in [0.3, 0.4) is 0 Å². The van der Waals surface area contributed by atoms with E-state index in [1.54, 1.807) is 17.4 Å². The lowest BCUT2D eigenvalue weighted by molar-refractivity contribution is 0.907. The smallest absolute Gasteiger partial charge is 0.150 e. The van der Waals surface area contributed by atoms with Crippen LogP contribution in [0.5, 0.6) is 0 Å². The van der Waals surface area contributed by atoms with Gasteiger partial charge in [0.05, 0.1) is 16.6 Å². The van der Waals surface area contributed by atoms with E-state index in [1.165, 1.54) is 4.88 Å². The first-order valence-corrected chi connectivity index (χ1v) is 8.98. The third-order valence-corrected chi connectivity index (χ3v) is 5.08. The summed E-state index contributed by atoms with van der Waals surface area (Å²) in [6.07, 6.45) is 1.01. The quantitative estimate of drug-likeness (QED) is 0.667. The van der Waals surface area contributed by atoms with Crippen molar-refractivity contribution in [2.75, 3.05) is 23.8 Å². The number of thiophene rings is 1. The Morgan fingerprint density at radius 1 is 1.33 bits per heavy atom. The fourth-order valence-corrected chi connectivity index (χ4v) is 3.91. The Balaban J connectivity index is 2.20. The van der Waals surface area contributed by atoms with Gasteiger partial charge in [0, 0.05) is 28.3 Å². The van der Waals surface area contributed by atoms with Crippen molar-refractivity contribution >= 4 is 62.1 Å². The van der Waals surface area contributed by atoms with E-state index in [0.29, 0.717) is 15.9 Å². The average Bonchev–Trinajstić information content (AvgIpc) is 2.83. The maximum atomic E-state index is 6.28. The van der Waals surface area contributed by atoms with Crippen molar-refractivity contribution in [3.63, 3.8) is 0 Å². The highest BCUT2D eigenvalue weighted by atomic mass is 79.9. The molecule has 2 rings (SSSR count). The number of nitrogens with one attached hydrogen (secondary N) is 1. The lowest BCUT2D eigenvalue weighted by atomic mass is 10.3. The first-order valence-electron chi connectivity index (χ1n) is 6.55. The number of halogens is 3. The van der Waals surface area contributed by atoms with Crippen LogP contribution in [-0.4, -0.2) is 18.6 Å². The zero-order valence-electron chi connectivity index (χ0n) is 11.8. The summed E-state index contributed by atoms with van der Waals surface area (Å²) in [5.74, 6) is 1.40. The molecule has 2 aromatic rings. The summed E-state index contributed by atoms with van der Waals surface area (Å²) >= 11 is 17.6. The average molecular weight is 409 g/mol. The standard InChI is InChI=1S/C14H16BrCl2N3S/c1-3-4-18-13-11(16)6-12(17)14(19-13)20(2)7-10-5-9(15)8-21-10/h5-6,8H,3-4,7H2,1-2H3,(H,18,19). The van der Waals surface area contributed by atoms with E-state index < -0.39 is 0 Å². The number of rotatable bonds is 6. The summed E-state index contributed by atoms with van der Waals surface area (Å²) in [5, 5.41) is 6.39. The minimum atomic E-state index is 0.546. The summed E-state index contributed by atoms with van der Waals surface area (Å²) in [4.78, 5) is 7.81. The molecular formula is C14H16BrCl2N3S. The van der Waals surface area contributed by atoms with Crippen LogP contribution in [0.2, 0.25) is 10.0 Å². The molecule has 0 amide bonds. The van der Waals surface area contributed by atoms with Gasteiger partial charge in [-0.15, -0.1) is 11.3 Å². The molecule has 114 valence electrons. The second-order valence-electron chi connectivity index (χ2n) is 4.64. The topological polar surface area (TPSA) is 28.2 Å². The van der Waals surface area contributed by atoms with Crippen LogP contribution in [0.25, 0.3) is 0 Å². The first-order chi connectivity index (χ1) is 10.0. The van der Waals surface area contributed by atoms with Crippen molar-refractivity contribution in [2.45, 2.75) is 19.9 Å². The van der Waals surface area contributed by atoms with Gasteiger partial charge < -0.3 is 10.2 Å². The van der Waals surface area contributed by atoms with Gasteiger partial charge in [0.2, 0.25) is 0 Å². The van der Waals surface area contributed by atoms with Crippen LogP contribution in [0.4, 0.5) is 11.6 Å². The van der Waals surface area contributed by atoms with Crippen LogP contribution in [0.1, 0.15) is 18.2 Å².